The van der Waals surface area contributed by atoms with Crippen molar-refractivity contribution in [2.75, 3.05) is 18.4 Å². The molecule has 1 fully saturated rings. The summed E-state index contributed by atoms with van der Waals surface area (Å²) in [6, 6.07) is 3.07. The van der Waals surface area contributed by atoms with Gasteiger partial charge in [-0.05, 0) is 19.0 Å². The Morgan fingerprint density at radius 1 is 1.23 bits per heavy atom. The highest BCUT2D eigenvalue weighted by Crippen LogP contribution is 2.33. The lowest BCUT2D eigenvalue weighted by atomic mass is 10.1. The molecule has 1 aliphatic heterocycles. The summed E-state index contributed by atoms with van der Waals surface area (Å²) in [5, 5.41) is 6.84. The number of aromatic nitrogens is 3. The third-order valence-corrected chi connectivity index (χ3v) is 4.53. The number of ether oxygens (including phenoxy) is 1. The number of rotatable bonds is 5. The second-order valence-corrected chi connectivity index (χ2v) is 6.48. The highest BCUT2D eigenvalue weighted by atomic mass is 35.5. The number of nitrogens with zero attached hydrogens (tertiary/aromatic N) is 3. The standard InChI is InChI=1S/C18H17ClFN5O/c19-13-9-22-10-17(18(13)26-12-1-2-21-8-12)25-7-11-5-15-16(6-14(11)20)24-4-3-23-15/h3-6,9-10,12,21,25H,1-2,7-8H2. The van der Waals surface area contributed by atoms with Crippen molar-refractivity contribution in [1.82, 2.24) is 20.3 Å². The maximum absolute atomic E-state index is 14.3. The van der Waals surface area contributed by atoms with Gasteiger partial charge in [0.05, 0.1) is 22.9 Å². The molecule has 0 spiro atoms. The fourth-order valence-corrected chi connectivity index (χ4v) is 3.12. The molecule has 3 heterocycles. The fraction of sp³-hybridized carbons (Fsp3) is 0.278. The van der Waals surface area contributed by atoms with Crippen molar-refractivity contribution < 1.29 is 9.13 Å². The predicted molar refractivity (Wildman–Crippen MR) is 98.0 cm³/mol. The molecule has 1 unspecified atom stereocenters. The van der Waals surface area contributed by atoms with Gasteiger partial charge in [-0.25, -0.2) is 4.39 Å². The van der Waals surface area contributed by atoms with Gasteiger partial charge in [0.2, 0.25) is 0 Å². The van der Waals surface area contributed by atoms with Crippen LogP contribution in [0, 0.1) is 5.82 Å². The van der Waals surface area contributed by atoms with E-state index in [4.69, 9.17) is 16.3 Å². The quantitative estimate of drug-likeness (QED) is 0.715. The number of hydrogen-bond acceptors (Lipinski definition) is 6. The molecule has 0 amide bonds. The van der Waals surface area contributed by atoms with Gasteiger partial charge in [0.25, 0.3) is 0 Å². The molecule has 1 saturated heterocycles. The molecular formula is C18H17ClFN5O. The molecule has 26 heavy (non-hydrogen) atoms. The van der Waals surface area contributed by atoms with Gasteiger partial charge in [0, 0.05) is 43.3 Å². The zero-order valence-corrected chi connectivity index (χ0v) is 14.6. The van der Waals surface area contributed by atoms with E-state index >= 15 is 0 Å². The maximum Gasteiger partial charge on any atom is 0.164 e. The average molecular weight is 374 g/mol. The molecule has 8 heteroatoms. The molecule has 0 bridgehead atoms. The topological polar surface area (TPSA) is 72.0 Å². The number of nitrogens with one attached hydrogen (secondary N) is 2. The minimum atomic E-state index is -0.344. The van der Waals surface area contributed by atoms with Crippen molar-refractivity contribution in [3.8, 4) is 5.75 Å². The monoisotopic (exact) mass is 373 g/mol. The van der Waals surface area contributed by atoms with E-state index in [2.05, 4.69) is 25.6 Å². The summed E-state index contributed by atoms with van der Waals surface area (Å²) in [7, 11) is 0. The second kappa shape index (κ2) is 7.39. The van der Waals surface area contributed by atoms with Crippen LogP contribution in [0.2, 0.25) is 5.02 Å². The molecule has 1 atom stereocenters. The Morgan fingerprint density at radius 2 is 2.04 bits per heavy atom. The summed E-state index contributed by atoms with van der Waals surface area (Å²) in [6.45, 7) is 1.94. The molecule has 0 saturated carbocycles. The predicted octanol–water partition coefficient (Wildman–Crippen LogP) is 3.17. The molecule has 2 aromatic heterocycles. The highest BCUT2D eigenvalue weighted by Gasteiger charge is 2.20. The molecule has 3 aromatic rings. The largest absolute Gasteiger partial charge is 0.485 e. The van der Waals surface area contributed by atoms with E-state index in [0.29, 0.717) is 33.1 Å². The Kier molecular flexibility index (Phi) is 4.81. The van der Waals surface area contributed by atoms with E-state index in [0.717, 1.165) is 19.5 Å². The Morgan fingerprint density at radius 3 is 2.81 bits per heavy atom. The molecule has 0 radical (unpaired) electrons. The Bertz CT molecular complexity index is 933. The average Bonchev–Trinajstić information content (AvgIpc) is 3.15. The first-order chi connectivity index (χ1) is 12.7. The summed E-state index contributed by atoms with van der Waals surface area (Å²) >= 11 is 6.26. The van der Waals surface area contributed by atoms with Crippen molar-refractivity contribution in [2.45, 2.75) is 19.1 Å². The minimum absolute atomic E-state index is 0.0585. The summed E-state index contributed by atoms with van der Waals surface area (Å²) in [5.74, 6) is 0.194. The van der Waals surface area contributed by atoms with E-state index in [1.54, 1.807) is 24.7 Å². The second-order valence-electron chi connectivity index (χ2n) is 6.07. The van der Waals surface area contributed by atoms with Crippen LogP contribution in [-0.2, 0) is 6.54 Å². The number of halogens is 2. The first kappa shape index (κ1) is 16.9. The molecule has 0 aliphatic carbocycles. The van der Waals surface area contributed by atoms with E-state index in [1.165, 1.54) is 12.3 Å². The van der Waals surface area contributed by atoms with Crippen molar-refractivity contribution in [3.05, 3.63) is 53.3 Å². The molecule has 6 nitrogen and oxygen atoms in total. The molecule has 1 aliphatic rings. The Balaban J connectivity index is 1.56. The van der Waals surface area contributed by atoms with E-state index in [1.807, 2.05) is 0 Å². The molecule has 4 rings (SSSR count). The van der Waals surface area contributed by atoms with E-state index in [9.17, 15) is 4.39 Å². The molecule has 1 aromatic carbocycles. The van der Waals surface area contributed by atoms with Crippen LogP contribution in [0.25, 0.3) is 11.0 Å². The van der Waals surface area contributed by atoms with Crippen molar-refractivity contribution in [2.24, 2.45) is 0 Å². The van der Waals surface area contributed by atoms with Gasteiger partial charge in [-0.2, -0.15) is 0 Å². The lowest BCUT2D eigenvalue weighted by Crippen LogP contribution is -2.20. The van der Waals surface area contributed by atoms with E-state index in [-0.39, 0.29) is 18.5 Å². The van der Waals surface area contributed by atoms with Crippen LogP contribution in [-0.4, -0.2) is 34.1 Å². The van der Waals surface area contributed by atoms with Crippen molar-refractivity contribution in [1.29, 1.82) is 0 Å². The fourth-order valence-electron chi connectivity index (χ4n) is 2.92. The summed E-state index contributed by atoms with van der Waals surface area (Å²) in [5.41, 5.74) is 2.27. The molecule has 2 N–H and O–H groups in total. The Labute approximate surface area is 154 Å². The lowest BCUT2D eigenvalue weighted by molar-refractivity contribution is 0.224. The molecule has 134 valence electrons. The van der Waals surface area contributed by atoms with Crippen LogP contribution in [0.1, 0.15) is 12.0 Å². The minimum Gasteiger partial charge on any atom is -0.485 e. The normalized spacial score (nSPS) is 16.8. The van der Waals surface area contributed by atoms with Crippen LogP contribution in [0.5, 0.6) is 5.75 Å². The van der Waals surface area contributed by atoms with Gasteiger partial charge in [-0.3, -0.25) is 15.0 Å². The summed E-state index contributed by atoms with van der Waals surface area (Å²) in [6.07, 6.45) is 7.26. The maximum atomic E-state index is 14.3. The van der Waals surface area contributed by atoms with Crippen molar-refractivity contribution >= 4 is 28.3 Å². The van der Waals surface area contributed by atoms with Crippen LogP contribution < -0.4 is 15.4 Å². The van der Waals surface area contributed by atoms with Crippen LogP contribution in [0.3, 0.4) is 0 Å². The number of fused-ring (bicyclic) bond motifs is 1. The van der Waals surface area contributed by atoms with Crippen LogP contribution in [0.15, 0.2) is 36.9 Å². The van der Waals surface area contributed by atoms with Crippen molar-refractivity contribution in [3.63, 3.8) is 0 Å². The lowest BCUT2D eigenvalue weighted by Gasteiger charge is -2.18. The van der Waals surface area contributed by atoms with E-state index < -0.39 is 0 Å². The van der Waals surface area contributed by atoms with Gasteiger partial charge < -0.3 is 15.4 Å². The van der Waals surface area contributed by atoms with Gasteiger partial charge >= 0.3 is 0 Å². The molecular weight excluding hydrogens is 357 g/mol. The first-order valence-electron chi connectivity index (χ1n) is 8.34. The number of pyridine rings is 1. The first-order valence-corrected chi connectivity index (χ1v) is 8.72. The van der Waals surface area contributed by atoms with Gasteiger partial charge in [0.15, 0.2) is 5.75 Å². The SMILES string of the molecule is Fc1cc2nccnc2cc1CNc1cncc(Cl)c1OC1CCNC1. The summed E-state index contributed by atoms with van der Waals surface area (Å²) < 4.78 is 20.4. The van der Waals surface area contributed by atoms with Gasteiger partial charge in [-0.1, -0.05) is 11.6 Å². The summed E-state index contributed by atoms with van der Waals surface area (Å²) in [4.78, 5) is 12.4. The number of benzene rings is 1. The van der Waals surface area contributed by atoms with Crippen LogP contribution in [0.4, 0.5) is 10.1 Å². The highest BCUT2D eigenvalue weighted by molar-refractivity contribution is 6.32. The smallest absolute Gasteiger partial charge is 0.164 e. The zero-order chi connectivity index (χ0) is 17.9. The van der Waals surface area contributed by atoms with Crippen LogP contribution >= 0.6 is 11.6 Å². The third kappa shape index (κ3) is 3.54. The third-order valence-electron chi connectivity index (χ3n) is 4.26. The van der Waals surface area contributed by atoms with Gasteiger partial charge in [-0.15, -0.1) is 0 Å². The Hall–Kier alpha value is -2.51. The number of hydrogen-bond donors (Lipinski definition) is 2. The zero-order valence-electron chi connectivity index (χ0n) is 13.9. The number of anilines is 1. The van der Waals surface area contributed by atoms with Gasteiger partial charge in [0.1, 0.15) is 16.9 Å².